The van der Waals surface area contributed by atoms with Gasteiger partial charge in [0.25, 0.3) is 0 Å². The zero-order valence-corrected chi connectivity index (χ0v) is 28.9. The Bertz CT molecular complexity index is 2270. The summed E-state index contributed by atoms with van der Waals surface area (Å²) >= 11 is -1.01. The Morgan fingerprint density at radius 3 is 1.09 bits per heavy atom. The van der Waals surface area contributed by atoms with Crippen LogP contribution in [0.3, 0.4) is 0 Å². The molecule has 10 rings (SSSR count). The van der Waals surface area contributed by atoms with E-state index < -0.39 is 41.8 Å². The third-order valence-corrected chi connectivity index (χ3v) is 15.0. The molecule has 2 aliphatic rings. The molecule has 5 heterocycles. The van der Waals surface area contributed by atoms with Crippen molar-refractivity contribution in [2.75, 3.05) is 9.80 Å². The van der Waals surface area contributed by atoms with Gasteiger partial charge in [0.05, 0.1) is 0 Å². The normalized spacial score (nSPS) is 13.4. The van der Waals surface area contributed by atoms with Gasteiger partial charge in [-0.1, -0.05) is 0 Å². The number of fused-ring (bicyclic) bond motifs is 10. The van der Waals surface area contributed by atoms with E-state index >= 15 is 0 Å². The van der Waals surface area contributed by atoms with Crippen LogP contribution in [0.1, 0.15) is 0 Å². The van der Waals surface area contributed by atoms with Crippen molar-refractivity contribution >= 4 is 124 Å². The maximum atomic E-state index is 5.45. The molecule has 0 saturated carbocycles. The third kappa shape index (κ3) is 4.02. The molecule has 6 nitrogen and oxygen atoms in total. The fourth-order valence-electron chi connectivity index (χ4n) is 6.53. The molecule has 5 aromatic carbocycles. The summed E-state index contributed by atoms with van der Waals surface area (Å²) in [4.78, 5) is 25.1. The Morgan fingerprint density at radius 2 is 0.717 bits per heavy atom. The minimum absolute atomic E-state index is 0.506. The van der Waals surface area contributed by atoms with Crippen LogP contribution >= 0.6 is 0 Å². The first kappa shape index (κ1) is 26.6. The Morgan fingerprint density at radius 1 is 0.370 bits per heavy atom. The van der Waals surface area contributed by atoms with Gasteiger partial charge in [-0.2, -0.15) is 0 Å². The van der Waals surface area contributed by atoms with Gasteiger partial charge in [0, 0.05) is 0 Å². The van der Waals surface area contributed by atoms with Crippen LogP contribution in [-0.4, -0.2) is 61.8 Å². The Labute approximate surface area is 284 Å². The van der Waals surface area contributed by atoms with E-state index in [1.54, 1.807) is 12.4 Å². The first-order valence-corrected chi connectivity index (χ1v) is 19.6. The summed E-state index contributed by atoms with van der Waals surface area (Å²) in [6.45, 7) is 0. The van der Waals surface area contributed by atoms with Crippen LogP contribution in [0.2, 0.25) is 0 Å². The van der Waals surface area contributed by atoms with E-state index in [4.69, 9.17) is 19.9 Å². The fourth-order valence-corrected chi connectivity index (χ4v) is 12.6. The summed E-state index contributed by atoms with van der Waals surface area (Å²) in [7, 11) is 0. The average Bonchev–Trinajstić information content (AvgIpc) is 3.12. The van der Waals surface area contributed by atoms with Crippen LogP contribution in [0.25, 0.3) is 32.8 Å². The molecule has 2 aliphatic heterocycles. The van der Waals surface area contributed by atoms with Gasteiger partial charge in [-0.15, -0.1) is 0 Å². The van der Waals surface area contributed by atoms with Gasteiger partial charge in [-0.3, -0.25) is 0 Å². The van der Waals surface area contributed by atoms with E-state index in [2.05, 4.69) is 131 Å². The number of para-hydroxylation sites is 4. The first-order valence-electron chi connectivity index (χ1n) is 15.0. The molecule has 0 spiro atoms. The van der Waals surface area contributed by atoms with Gasteiger partial charge >= 0.3 is 287 Å². The molecule has 0 N–H and O–H groups in total. The molecule has 3 aromatic heterocycles. The quantitative estimate of drug-likeness (QED) is 0.167. The molecule has 0 amide bonds. The number of aromatic nitrogens is 4. The number of pyridine rings is 2. The molecule has 0 fully saturated rings. The summed E-state index contributed by atoms with van der Waals surface area (Å²) in [5.74, 6) is 1.74. The molecule has 0 aliphatic carbocycles. The summed E-state index contributed by atoms with van der Waals surface area (Å²) < 4.78 is 5.64. The van der Waals surface area contributed by atoms with E-state index in [1.807, 2.05) is 0 Å². The topological polar surface area (TPSA) is 58.0 Å². The zero-order chi connectivity index (χ0) is 30.2. The molecule has 8 heteroatoms. The number of hydrogen-bond acceptors (Lipinski definition) is 6. The number of rotatable bonds is 2. The standard InChI is InChI=1S/C38H22N6Te2/c1-5-13-29-25(9-1)43(26-10-2-6-14-30(26)45-29)33-19-17-23-35-36(40-22-21-39-35)24-18-20-34(42-38(24)37(23)41-33)44-27-11-3-7-15-31(27)46-32-16-8-4-12-28(32)44/h1-22H. The molecular weight excluding hydrogens is 796 g/mol. The number of hydrogen-bond donors (Lipinski definition) is 0. The van der Waals surface area contributed by atoms with Gasteiger partial charge in [0.2, 0.25) is 0 Å². The van der Waals surface area contributed by atoms with E-state index in [9.17, 15) is 0 Å². The van der Waals surface area contributed by atoms with Crippen LogP contribution in [0.5, 0.6) is 0 Å². The van der Waals surface area contributed by atoms with E-state index in [-0.39, 0.29) is 0 Å². The van der Waals surface area contributed by atoms with Gasteiger partial charge < -0.3 is 0 Å². The molecular formula is C38H22N6Te2. The van der Waals surface area contributed by atoms with Gasteiger partial charge in [0.1, 0.15) is 0 Å². The maximum absolute atomic E-state index is 5.45. The number of benzene rings is 5. The van der Waals surface area contributed by atoms with Crippen molar-refractivity contribution < 1.29 is 0 Å². The van der Waals surface area contributed by atoms with Crippen molar-refractivity contribution in [2.24, 2.45) is 0 Å². The van der Waals surface area contributed by atoms with Gasteiger partial charge in [0.15, 0.2) is 0 Å². The van der Waals surface area contributed by atoms with Crippen molar-refractivity contribution in [2.45, 2.75) is 0 Å². The van der Waals surface area contributed by atoms with E-state index in [1.165, 1.54) is 37.2 Å². The summed E-state index contributed by atoms with van der Waals surface area (Å²) in [6, 6.07) is 43.6. The Kier molecular flexibility index (Phi) is 6.07. The van der Waals surface area contributed by atoms with Crippen LogP contribution in [0.15, 0.2) is 134 Å². The number of anilines is 6. The predicted octanol–water partition coefficient (Wildman–Crippen LogP) is 5.60. The zero-order valence-electron chi connectivity index (χ0n) is 24.2. The molecule has 0 bridgehead atoms. The predicted molar refractivity (Wildman–Crippen MR) is 190 cm³/mol. The van der Waals surface area contributed by atoms with Crippen LogP contribution in [-0.2, 0) is 0 Å². The molecule has 0 atom stereocenters. The summed E-state index contributed by atoms with van der Waals surface area (Å²) in [6.07, 6.45) is 3.52. The van der Waals surface area contributed by atoms with Crippen molar-refractivity contribution in [3.63, 3.8) is 0 Å². The molecule has 8 aromatic rings. The van der Waals surface area contributed by atoms with Crippen molar-refractivity contribution in [1.29, 1.82) is 0 Å². The molecule has 0 saturated heterocycles. The first-order chi connectivity index (χ1) is 22.8. The molecule has 216 valence electrons. The van der Waals surface area contributed by atoms with E-state index in [0.29, 0.717) is 0 Å². The monoisotopic (exact) mass is 822 g/mol. The Hall–Kier alpha value is -4.56. The average molecular weight is 818 g/mol. The fraction of sp³-hybridized carbons (Fsp3) is 0. The SMILES string of the molecule is c1ccc2c(c1)[Te]c1ccccc1N2c1ccc2c3nccnc3c3ccc(N4c5ccccc5[Te]c5ccccc54)nc3c2n1. The summed E-state index contributed by atoms with van der Waals surface area (Å²) in [5.41, 5.74) is 8.16. The van der Waals surface area contributed by atoms with E-state index in [0.717, 1.165) is 44.5 Å². The van der Waals surface area contributed by atoms with Crippen molar-refractivity contribution in [3.05, 3.63) is 134 Å². The second-order valence-electron chi connectivity index (χ2n) is 11.1. The molecule has 0 unspecified atom stereocenters. The summed E-state index contributed by atoms with van der Waals surface area (Å²) in [5, 5.41) is 1.89. The van der Waals surface area contributed by atoms with Crippen LogP contribution in [0.4, 0.5) is 34.4 Å². The van der Waals surface area contributed by atoms with Crippen molar-refractivity contribution in [1.82, 2.24) is 19.9 Å². The minimum atomic E-state index is -0.506. The van der Waals surface area contributed by atoms with Crippen molar-refractivity contribution in [3.8, 4) is 0 Å². The van der Waals surface area contributed by atoms with Crippen LogP contribution < -0.4 is 24.2 Å². The third-order valence-electron chi connectivity index (χ3n) is 8.52. The molecule has 0 radical (unpaired) electrons. The van der Waals surface area contributed by atoms with Gasteiger partial charge in [-0.25, -0.2) is 0 Å². The van der Waals surface area contributed by atoms with Gasteiger partial charge in [-0.05, 0) is 0 Å². The van der Waals surface area contributed by atoms with Crippen LogP contribution in [0, 0.1) is 0 Å². The Balaban J connectivity index is 1.26. The molecule has 46 heavy (non-hydrogen) atoms. The number of nitrogens with zero attached hydrogens (tertiary/aromatic N) is 6. The second-order valence-corrected chi connectivity index (χ2v) is 17.3. The second kappa shape index (κ2) is 10.5.